The fourth-order valence-electron chi connectivity index (χ4n) is 0.866. The summed E-state index contributed by atoms with van der Waals surface area (Å²) in [4.78, 5) is 4.16. The van der Waals surface area contributed by atoms with E-state index in [4.69, 9.17) is 4.74 Å². The fraction of sp³-hybridized carbons (Fsp3) is 0.375. The first-order chi connectivity index (χ1) is 4.86. The molecule has 10 heavy (non-hydrogen) atoms. The van der Waals surface area contributed by atoms with Gasteiger partial charge in [0, 0.05) is 6.42 Å². The zero-order chi connectivity index (χ0) is 7.40. The molecule has 1 heterocycles. The molecular formula is C8H11NO. The van der Waals surface area contributed by atoms with Gasteiger partial charge in [0.1, 0.15) is 0 Å². The van der Waals surface area contributed by atoms with E-state index in [1.165, 1.54) is 0 Å². The average Bonchev–Trinajstić information content (AvgIpc) is 2.05. The van der Waals surface area contributed by atoms with Crippen molar-refractivity contribution in [1.82, 2.24) is 0 Å². The molecule has 54 valence electrons. The molecule has 1 rings (SSSR count). The Labute approximate surface area is 60.9 Å². The molecule has 0 aromatic carbocycles. The molecule has 0 aliphatic carbocycles. The Morgan fingerprint density at radius 1 is 1.80 bits per heavy atom. The number of methoxy groups -OCH3 is 1. The van der Waals surface area contributed by atoms with Crippen molar-refractivity contribution in [3.05, 3.63) is 24.4 Å². The van der Waals surface area contributed by atoms with Crippen molar-refractivity contribution in [3.8, 4) is 0 Å². The van der Waals surface area contributed by atoms with Gasteiger partial charge in [0.2, 0.25) is 0 Å². The molecule has 0 saturated heterocycles. The van der Waals surface area contributed by atoms with Crippen LogP contribution in [-0.2, 0) is 4.74 Å². The SMILES string of the molecule is C=CC1=CCCC(OC)=N1. The number of aliphatic imine (C=N–C) groups is 1. The quantitative estimate of drug-likeness (QED) is 0.541. The zero-order valence-corrected chi connectivity index (χ0v) is 6.13. The Kier molecular flexibility index (Phi) is 2.26. The van der Waals surface area contributed by atoms with Crippen molar-refractivity contribution in [1.29, 1.82) is 0 Å². The second kappa shape index (κ2) is 3.20. The number of hydrogen-bond acceptors (Lipinski definition) is 2. The molecule has 0 amide bonds. The summed E-state index contributed by atoms with van der Waals surface area (Å²) in [5.74, 6) is 0.803. The fourth-order valence-corrected chi connectivity index (χ4v) is 0.866. The maximum Gasteiger partial charge on any atom is 0.188 e. The standard InChI is InChI=1S/C8H11NO/c1-3-7-5-4-6-8(9-7)10-2/h3,5H,1,4,6H2,2H3. The van der Waals surface area contributed by atoms with E-state index in [1.54, 1.807) is 13.2 Å². The summed E-state index contributed by atoms with van der Waals surface area (Å²) >= 11 is 0. The highest BCUT2D eigenvalue weighted by molar-refractivity contribution is 5.78. The largest absolute Gasteiger partial charge is 0.484 e. The van der Waals surface area contributed by atoms with Gasteiger partial charge in [-0.1, -0.05) is 12.7 Å². The number of rotatable bonds is 1. The molecule has 1 aliphatic heterocycles. The van der Waals surface area contributed by atoms with Crippen molar-refractivity contribution in [2.75, 3.05) is 7.11 Å². The van der Waals surface area contributed by atoms with Gasteiger partial charge in [0.25, 0.3) is 0 Å². The van der Waals surface area contributed by atoms with Crippen LogP contribution in [0.25, 0.3) is 0 Å². The van der Waals surface area contributed by atoms with Crippen molar-refractivity contribution in [3.63, 3.8) is 0 Å². The van der Waals surface area contributed by atoms with Gasteiger partial charge in [-0.05, 0) is 12.5 Å². The predicted molar refractivity (Wildman–Crippen MR) is 42.0 cm³/mol. The summed E-state index contributed by atoms with van der Waals surface area (Å²) in [5, 5.41) is 0. The zero-order valence-electron chi connectivity index (χ0n) is 6.13. The smallest absolute Gasteiger partial charge is 0.188 e. The van der Waals surface area contributed by atoms with Crippen LogP contribution in [0.15, 0.2) is 29.4 Å². The molecule has 0 bridgehead atoms. The molecular weight excluding hydrogens is 126 g/mol. The lowest BCUT2D eigenvalue weighted by Gasteiger charge is -2.07. The lowest BCUT2D eigenvalue weighted by Crippen LogP contribution is -2.04. The lowest BCUT2D eigenvalue weighted by atomic mass is 10.2. The summed E-state index contributed by atoms with van der Waals surface area (Å²) in [6.07, 6.45) is 5.70. The Morgan fingerprint density at radius 3 is 3.20 bits per heavy atom. The Balaban J connectivity index is 2.70. The molecule has 0 saturated carbocycles. The topological polar surface area (TPSA) is 21.6 Å². The second-order valence-corrected chi connectivity index (χ2v) is 2.08. The van der Waals surface area contributed by atoms with Gasteiger partial charge in [-0.2, -0.15) is 0 Å². The Bertz CT molecular complexity index is 191. The third-order valence-electron chi connectivity index (χ3n) is 1.41. The second-order valence-electron chi connectivity index (χ2n) is 2.08. The minimum atomic E-state index is 0.803. The van der Waals surface area contributed by atoms with Crippen LogP contribution in [0.4, 0.5) is 0 Å². The molecule has 0 N–H and O–H groups in total. The molecule has 0 aromatic heterocycles. The highest BCUT2D eigenvalue weighted by Gasteiger charge is 2.03. The number of hydrogen-bond donors (Lipinski definition) is 0. The maximum absolute atomic E-state index is 4.98. The maximum atomic E-state index is 4.98. The van der Waals surface area contributed by atoms with Crippen LogP contribution in [0.3, 0.4) is 0 Å². The summed E-state index contributed by atoms with van der Waals surface area (Å²) in [6, 6.07) is 0. The molecule has 2 nitrogen and oxygen atoms in total. The minimum Gasteiger partial charge on any atom is -0.484 e. The van der Waals surface area contributed by atoms with Gasteiger partial charge in [-0.15, -0.1) is 0 Å². The third-order valence-corrected chi connectivity index (χ3v) is 1.41. The summed E-state index contributed by atoms with van der Waals surface area (Å²) in [7, 11) is 1.64. The predicted octanol–water partition coefficient (Wildman–Crippen LogP) is 1.89. The number of allylic oxidation sites excluding steroid dienone is 2. The van der Waals surface area contributed by atoms with Crippen molar-refractivity contribution < 1.29 is 4.74 Å². The molecule has 0 aromatic rings. The molecule has 0 fully saturated rings. The van der Waals surface area contributed by atoms with Crippen LogP contribution in [0, 0.1) is 0 Å². The summed E-state index contributed by atoms with van der Waals surface area (Å²) in [5.41, 5.74) is 0.920. The van der Waals surface area contributed by atoms with Gasteiger partial charge >= 0.3 is 0 Å². The van der Waals surface area contributed by atoms with Crippen molar-refractivity contribution >= 4 is 5.90 Å². The molecule has 0 atom stereocenters. The van der Waals surface area contributed by atoms with Crippen LogP contribution in [-0.4, -0.2) is 13.0 Å². The van der Waals surface area contributed by atoms with Gasteiger partial charge in [0.05, 0.1) is 12.8 Å². The van der Waals surface area contributed by atoms with Crippen molar-refractivity contribution in [2.24, 2.45) is 4.99 Å². The Hall–Kier alpha value is -1.05. The van der Waals surface area contributed by atoms with E-state index in [0.29, 0.717) is 0 Å². The van der Waals surface area contributed by atoms with Gasteiger partial charge in [0.15, 0.2) is 5.90 Å². The first-order valence-electron chi connectivity index (χ1n) is 3.31. The monoisotopic (exact) mass is 137 g/mol. The van der Waals surface area contributed by atoms with E-state index in [9.17, 15) is 0 Å². The normalized spacial score (nSPS) is 17.3. The van der Waals surface area contributed by atoms with Gasteiger partial charge < -0.3 is 4.74 Å². The van der Waals surface area contributed by atoms with E-state index < -0.39 is 0 Å². The number of nitrogens with zero attached hydrogens (tertiary/aromatic N) is 1. The molecule has 0 unspecified atom stereocenters. The average molecular weight is 137 g/mol. The van der Waals surface area contributed by atoms with Crippen LogP contribution in [0.1, 0.15) is 12.8 Å². The van der Waals surface area contributed by atoms with E-state index in [2.05, 4.69) is 17.6 Å². The molecule has 0 spiro atoms. The first kappa shape index (κ1) is 7.06. The highest BCUT2D eigenvalue weighted by atomic mass is 16.5. The van der Waals surface area contributed by atoms with Crippen molar-refractivity contribution in [2.45, 2.75) is 12.8 Å². The van der Waals surface area contributed by atoms with Crippen LogP contribution < -0.4 is 0 Å². The van der Waals surface area contributed by atoms with E-state index in [-0.39, 0.29) is 0 Å². The summed E-state index contributed by atoms with van der Waals surface area (Å²) < 4.78 is 4.98. The van der Waals surface area contributed by atoms with Crippen LogP contribution >= 0.6 is 0 Å². The summed E-state index contributed by atoms with van der Waals surface area (Å²) in [6.45, 7) is 3.62. The molecule has 2 heteroatoms. The molecule has 0 radical (unpaired) electrons. The van der Waals surface area contributed by atoms with E-state index in [1.807, 2.05) is 0 Å². The highest BCUT2D eigenvalue weighted by Crippen LogP contribution is 2.11. The molecule has 1 aliphatic rings. The van der Waals surface area contributed by atoms with Gasteiger partial charge in [-0.25, -0.2) is 4.99 Å². The first-order valence-corrected chi connectivity index (χ1v) is 3.31. The lowest BCUT2D eigenvalue weighted by molar-refractivity contribution is 0.388. The third kappa shape index (κ3) is 1.47. The Morgan fingerprint density at radius 2 is 2.60 bits per heavy atom. The van der Waals surface area contributed by atoms with E-state index in [0.717, 1.165) is 24.4 Å². The van der Waals surface area contributed by atoms with Crippen LogP contribution in [0.2, 0.25) is 0 Å². The number of ether oxygens (including phenoxy) is 1. The van der Waals surface area contributed by atoms with Crippen LogP contribution in [0.5, 0.6) is 0 Å². The van der Waals surface area contributed by atoms with E-state index >= 15 is 0 Å². The minimum absolute atomic E-state index is 0.803. The van der Waals surface area contributed by atoms with Gasteiger partial charge in [-0.3, -0.25) is 0 Å².